The first-order valence-electron chi connectivity index (χ1n) is 14.4. The molecule has 0 fully saturated rings. The molecule has 3 aliphatic heterocycles. The maximum atomic E-state index is 13.8. The molecule has 0 saturated heterocycles. The van der Waals surface area contributed by atoms with Crippen molar-refractivity contribution in [2.45, 2.75) is 51.8 Å². The van der Waals surface area contributed by atoms with Gasteiger partial charge in [-0.1, -0.05) is 12.1 Å². The van der Waals surface area contributed by atoms with Gasteiger partial charge in [-0.15, -0.1) is 0 Å². The van der Waals surface area contributed by atoms with Crippen molar-refractivity contribution >= 4 is 23.1 Å². The summed E-state index contributed by atoms with van der Waals surface area (Å²) in [4.78, 5) is 33.2. The highest BCUT2D eigenvalue weighted by molar-refractivity contribution is 6.09. The molecule has 0 radical (unpaired) electrons. The highest BCUT2D eigenvalue weighted by Gasteiger charge is 2.32. The third-order valence-corrected chi connectivity index (χ3v) is 8.73. The molecule has 3 aromatic heterocycles. The fraction of sp³-hybridized carbons (Fsp3) is 0.344. The van der Waals surface area contributed by atoms with Crippen LogP contribution in [0.5, 0.6) is 0 Å². The minimum Gasteiger partial charge on any atom is -0.392 e. The molecule has 4 aromatic rings. The first-order valence-corrected chi connectivity index (χ1v) is 14.4. The van der Waals surface area contributed by atoms with E-state index in [-0.39, 0.29) is 18.1 Å². The Morgan fingerprint density at radius 1 is 1.02 bits per heavy atom. The van der Waals surface area contributed by atoms with Crippen LogP contribution in [0.1, 0.15) is 51.3 Å². The highest BCUT2D eigenvalue weighted by atomic mass is 16.3. The molecule has 0 unspecified atom stereocenters. The van der Waals surface area contributed by atoms with Crippen LogP contribution in [0.4, 0.5) is 17.2 Å². The standard InChI is InChI=1S/C32H34N6O3/c1-36-18-22(13-27(32(36)41)35-30-14-21-16-33-10-8-20(21)17-34-30)24-6-4-7-28(26(24)19-39)38-12-9-29-25(31(38)40)15-23-5-2-3-11-37(23)29/h4,6-7,13-15,17-18,33,39H,2-3,5,8-12,16,19H2,1H3,(H,34,35). The molecule has 41 heavy (non-hydrogen) atoms. The van der Waals surface area contributed by atoms with Crippen LogP contribution in [-0.2, 0) is 46.0 Å². The number of hydrogen-bond acceptors (Lipinski definition) is 6. The van der Waals surface area contributed by atoms with Gasteiger partial charge in [-0.3, -0.25) is 9.59 Å². The van der Waals surface area contributed by atoms with E-state index in [2.05, 4.69) is 26.3 Å². The lowest BCUT2D eigenvalue weighted by atomic mass is 9.97. The van der Waals surface area contributed by atoms with Crippen LogP contribution in [0.15, 0.2) is 53.6 Å². The zero-order valence-electron chi connectivity index (χ0n) is 23.2. The van der Waals surface area contributed by atoms with Crippen LogP contribution >= 0.6 is 0 Å². The fourth-order valence-corrected chi connectivity index (χ4v) is 6.64. The number of benzene rings is 1. The number of nitrogens with one attached hydrogen (secondary N) is 2. The number of aliphatic hydroxyl groups is 1. The first-order chi connectivity index (χ1) is 20.0. The Kier molecular flexibility index (Phi) is 6.48. The Morgan fingerprint density at radius 2 is 1.93 bits per heavy atom. The third kappa shape index (κ3) is 4.45. The summed E-state index contributed by atoms with van der Waals surface area (Å²) in [5, 5.41) is 17.2. The van der Waals surface area contributed by atoms with Gasteiger partial charge in [-0.05, 0) is 73.2 Å². The summed E-state index contributed by atoms with van der Waals surface area (Å²) in [6, 6.07) is 11.6. The molecule has 6 heterocycles. The number of pyridine rings is 2. The molecule has 1 aromatic carbocycles. The van der Waals surface area contributed by atoms with Crippen LogP contribution < -0.4 is 21.1 Å². The summed E-state index contributed by atoms with van der Waals surface area (Å²) in [6.07, 6.45) is 8.70. The summed E-state index contributed by atoms with van der Waals surface area (Å²) in [5.74, 6) is 0.596. The van der Waals surface area contributed by atoms with E-state index in [1.54, 1.807) is 24.2 Å². The SMILES string of the molecule is Cn1cc(-c2cccc(N3CCc4c(cc5n4CCCC5)C3=O)c2CO)cc(Nc2cc3c(cn2)CCNC3)c1=O. The average molecular weight is 551 g/mol. The Hall–Kier alpha value is -4.21. The molecule has 0 atom stereocenters. The first kappa shape index (κ1) is 25.7. The predicted octanol–water partition coefficient (Wildman–Crippen LogP) is 3.67. The summed E-state index contributed by atoms with van der Waals surface area (Å²) in [5.41, 5.74) is 8.71. The molecule has 7 rings (SSSR count). The second-order valence-corrected chi connectivity index (χ2v) is 11.2. The number of aryl methyl sites for hydroxylation is 2. The number of fused-ring (bicyclic) bond motifs is 4. The minimum atomic E-state index is -0.237. The molecular weight excluding hydrogens is 516 g/mol. The topological polar surface area (TPSA) is 104 Å². The number of carbonyl (C=O) groups is 1. The molecule has 9 heteroatoms. The second-order valence-electron chi connectivity index (χ2n) is 11.2. The summed E-state index contributed by atoms with van der Waals surface area (Å²) in [7, 11) is 1.72. The Morgan fingerprint density at radius 3 is 2.80 bits per heavy atom. The molecule has 3 N–H and O–H groups in total. The number of aromatic nitrogens is 3. The van der Waals surface area contributed by atoms with Gasteiger partial charge in [0.25, 0.3) is 11.5 Å². The molecular formula is C32H34N6O3. The lowest BCUT2D eigenvalue weighted by molar-refractivity contribution is 0.0979. The van der Waals surface area contributed by atoms with E-state index >= 15 is 0 Å². The van der Waals surface area contributed by atoms with Gasteiger partial charge in [-0.2, -0.15) is 0 Å². The maximum Gasteiger partial charge on any atom is 0.274 e. The lowest BCUT2D eigenvalue weighted by Crippen LogP contribution is -2.38. The monoisotopic (exact) mass is 550 g/mol. The van der Waals surface area contributed by atoms with Crippen molar-refractivity contribution in [2.24, 2.45) is 7.05 Å². The number of carbonyl (C=O) groups excluding carboxylic acids is 1. The third-order valence-electron chi connectivity index (χ3n) is 8.73. The molecule has 0 spiro atoms. The number of anilines is 3. The van der Waals surface area contributed by atoms with E-state index in [4.69, 9.17) is 0 Å². The number of aliphatic hydroxyl groups excluding tert-OH is 1. The van der Waals surface area contributed by atoms with E-state index < -0.39 is 0 Å². The number of rotatable bonds is 5. The van der Waals surface area contributed by atoms with Crippen LogP contribution in [0.2, 0.25) is 0 Å². The summed E-state index contributed by atoms with van der Waals surface area (Å²) >= 11 is 0. The van der Waals surface area contributed by atoms with Crippen molar-refractivity contribution < 1.29 is 9.90 Å². The van der Waals surface area contributed by atoms with Crippen LogP contribution in [0, 0.1) is 0 Å². The summed E-state index contributed by atoms with van der Waals surface area (Å²) in [6.45, 7) is 3.02. The maximum absolute atomic E-state index is 13.8. The highest BCUT2D eigenvalue weighted by Crippen LogP contribution is 2.36. The van der Waals surface area contributed by atoms with Gasteiger partial charge in [0.1, 0.15) is 11.5 Å². The van der Waals surface area contributed by atoms with Gasteiger partial charge in [0, 0.05) is 68.0 Å². The van der Waals surface area contributed by atoms with Gasteiger partial charge in [0.05, 0.1) is 17.9 Å². The molecule has 1 amide bonds. The van der Waals surface area contributed by atoms with E-state index in [1.807, 2.05) is 30.5 Å². The largest absolute Gasteiger partial charge is 0.392 e. The van der Waals surface area contributed by atoms with Gasteiger partial charge in [0.2, 0.25) is 0 Å². The van der Waals surface area contributed by atoms with Crippen LogP contribution in [-0.4, -0.2) is 38.2 Å². The van der Waals surface area contributed by atoms with Crippen molar-refractivity contribution in [1.29, 1.82) is 0 Å². The van der Waals surface area contributed by atoms with Crippen molar-refractivity contribution in [2.75, 3.05) is 23.3 Å². The van der Waals surface area contributed by atoms with Gasteiger partial charge in [0.15, 0.2) is 0 Å². The summed E-state index contributed by atoms with van der Waals surface area (Å²) < 4.78 is 3.87. The molecule has 3 aliphatic rings. The van der Waals surface area contributed by atoms with Crippen LogP contribution in [0.25, 0.3) is 11.1 Å². The Labute approximate surface area is 238 Å². The Balaban J connectivity index is 1.24. The molecule has 0 saturated carbocycles. The zero-order valence-corrected chi connectivity index (χ0v) is 23.2. The van der Waals surface area contributed by atoms with Crippen molar-refractivity contribution in [3.8, 4) is 11.1 Å². The van der Waals surface area contributed by atoms with Gasteiger partial charge in [-0.25, -0.2) is 4.98 Å². The van der Waals surface area contributed by atoms with E-state index in [0.717, 1.165) is 74.1 Å². The number of nitrogens with zero attached hydrogens (tertiary/aromatic N) is 4. The minimum absolute atomic E-state index is 0.0178. The number of amides is 1. The van der Waals surface area contributed by atoms with Crippen LogP contribution in [0.3, 0.4) is 0 Å². The molecule has 210 valence electrons. The number of hydrogen-bond donors (Lipinski definition) is 3. The van der Waals surface area contributed by atoms with E-state index in [1.165, 1.54) is 21.4 Å². The Bertz CT molecular complexity index is 1740. The van der Waals surface area contributed by atoms with E-state index in [0.29, 0.717) is 29.3 Å². The van der Waals surface area contributed by atoms with Gasteiger partial charge < -0.3 is 29.8 Å². The molecule has 0 bridgehead atoms. The van der Waals surface area contributed by atoms with Crippen molar-refractivity contribution in [3.05, 3.63) is 92.8 Å². The molecule has 0 aliphatic carbocycles. The average Bonchev–Trinajstić information content (AvgIpc) is 3.39. The van der Waals surface area contributed by atoms with Crippen molar-refractivity contribution in [3.63, 3.8) is 0 Å². The quantitative estimate of drug-likeness (QED) is 0.350. The fourth-order valence-electron chi connectivity index (χ4n) is 6.64. The second kappa shape index (κ2) is 10.3. The van der Waals surface area contributed by atoms with E-state index in [9.17, 15) is 14.7 Å². The predicted molar refractivity (Wildman–Crippen MR) is 159 cm³/mol. The van der Waals surface area contributed by atoms with Crippen molar-refractivity contribution in [1.82, 2.24) is 19.4 Å². The smallest absolute Gasteiger partial charge is 0.274 e. The van der Waals surface area contributed by atoms with Gasteiger partial charge >= 0.3 is 0 Å². The normalized spacial score (nSPS) is 16.2. The lowest BCUT2D eigenvalue weighted by Gasteiger charge is -2.30. The molecule has 9 nitrogen and oxygen atoms in total. The zero-order chi connectivity index (χ0) is 28.1.